The molecule has 1 aromatic carbocycles. The van der Waals surface area contributed by atoms with Crippen LogP contribution in [0.4, 0.5) is 0 Å². The predicted octanol–water partition coefficient (Wildman–Crippen LogP) is 2.48. The van der Waals surface area contributed by atoms with E-state index in [0.29, 0.717) is 10.6 Å². The Balaban J connectivity index is 2.84. The molecule has 90 valence electrons. The molecule has 0 aliphatic heterocycles. The van der Waals surface area contributed by atoms with Crippen LogP contribution in [0, 0.1) is 6.92 Å². The molecule has 0 radical (unpaired) electrons. The van der Waals surface area contributed by atoms with Gasteiger partial charge in [0, 0.05) is 11.1 Å². The van der Waals surface area contributed by atoms with E-state index in [1.165, 1.54) is 0 Å². The lowest BCUT2D eigenvalue weighted by molar-refractivity contribution is 0.569. The predicted molar refractivity (Wildman–Crippen MR) is 67.1 cm³/mol. The SMILES string of the molecule is Cc1ccc(CS(=O)(=O)NC(C)C)cc1Cl. The van der Waals surface area contributed by atoms with Crippen molar-refractivity contribution in [1.82, 2.24) is 4.72 Å². The van der Waals surface area contributed by atoms with Crippen LogP contribution < -0.4 is 4.72 Å². The fourth-order valence-corrected chi connectivity index (χ4v) is 2.97. The van der Waals surface area contributed by atoms with Gasteiger partial charge in [-0.2, -0.15) is 0 Å². The number of hydrogen-bond acceptors (Lipinski definition) is 2. The molecule has 1 rings (SSSR count). The number of rotatable bonds is 4. The van der Waals surface area contributed by atoms with Crippen molar-refractivity contribution in [2.45, 2.75) is 32.6 Å². The van der Waals surface area contributed by atoms with Crippen LogP contribution in [-0.4, -0.2) is 14.5 Å². The van der Waals surface area contributed by atoms with E-state index in [1.807, 2.05) is 13.0 Å². The molecule has 0 aromatic heterocycles. The Bertz CT molecular complexity index is 469. The Morgan fingerprint density at radius 2 is 2.00 bits per heavy atom. The van der Waals surface area contributed by atoms with Crippen LogP contribution in [-0.2, 0) is 15.8 Å². The lowest BCUT2D eigenvalue weighted by Crippen LogP contribution is -2.31. The normalized spacial score (nSPS) is 12.1. The topological polar surface area (TPSA) is 46.2 Å². The highest BCUT2D eigenvalue weighted by atomic mass is 35.5. The van der Waals surface area contributed by atoms with E-state index in [1.54, 1.807) is 26.0 Å². The molecule has 0 bridgehead atoms. The standard InChI is InChI=1S/C11H16ClNO2S/c1-8(2)13-16(14,15)7-10-5-4-9(3)11(12)6-10/h4-6,8,13H,7H2,1-3H3. The van der Waals surface area contributed by atoms with Crippen molar-refractivity contribution in [2.75, 3.05) is 0 Å². The summed E-state index contributed by atoms with van der Waals surface area (Å²) in [6.45, 7) is 5.46. The van der Waals surface area contributed by atoms with Crippen molar-refractivity contribution in [3.63, 3.8) is 0 Å². The molecule has 0 aliphatic rings. The second-order valence-electron chi connectivity index (χ2n) is 4.12. The number of halogens is 1. The van der Waals surface area contributed by atoms with Gasteiger partial charge in [0.15, 0.2) is 0 Å². The smallest absolute Gasteiger partial charge is 0.212 e. The zero-order valence-corrected chi connectivity index (χ0v) is 11.2. The van der Waals surface area contributed by atoms with Crippen molar-refractivity contribution in [2.24, 2.45) is 0 Å². The van der Waals surface area contributed by atoms with Gasteiger partial charge in [0.2, 0.25) is 10.0 Å². The van der Waals surface area contributed by atoms with Crippen LogP contribution in [0.2, 0.25) is 5.02 Å². The van der Waals surface area contributed by atoms with Gasteiger partial charge in [-0.1, -0.05) is 23.7 Å². The summed E-state index contributed by atoms with van der Waals surface area (Å²) < 4.78 is 25.8. The Morgan fingerprint density at radius 3 is 2.50 bits per heavy atom. The van der Waals surface area contributed by atoms with Gasteiger partial charge in [0.1, 0.15) is 0 Å². The van der Waals surface area contributed by atoms with Gasteiger partial charge in [0.25, 0.3) is 0 Å². The molecule has 1 N–H and O–H groups in total. The lowest BCUT2D eigenvalue weighted by atomic mass is 10.2. The third-order valence-corrected chi connectivity index (χ3v) is 3.96. The molecule has 0 aliphatic carbocycles. The van der Waals surface area contributed by atoms with E-state index in [-0.39, 0.29) is 11.8 Å². The lowest BCUT2D eigenvalue weighted by Gasteiger charge is -2.10. The molecule has 0 fully saturated rings. The number of aryl methyl sites for hydroxylation is 1. The number of nitrogens with one attached hydrogen (secondary N) is 1. The second kappa shape index (κ2) is 5.17. The van der Waals surface area contributed by atoms with Crippen molar-refractivity contribution in [1.29, 1.82) is 0 Å². The molecular weight excluding hydrogens is 246 g/mol. The Kier molecular flexibility index (Phi) is 4.35. The average molecular weight is 262 g/mol. The summed E-state index contributed by atoms with van der Waals surface area (Å²) in [5.74, 6) is -0.0365. The largest absolute Gasteiger partial charge is 0.216 e. The summed E-state index contributed by atoms with van der Waals surface area (Å²) in [4.78, 5) is 0. The summed E-state index contributed by atoms with van der Waals surface area (Å²) in [6.07, 6.45) is 0. The van der Waals surface area contributed by atoms with Crippen LogP contribution in [0.15, 0.2) is 18.2 Å². The molecule has 0 heterocycles. The minimum absolute atomic E-state index is 0.0365. The molecule has 0 amide bonds. The van der Waals surface area contributed by atoms with E-state index >= 15 is 0 Å². The second-order valence-corrected chi connectivity index (χ2v) is 6.28. The zero-order valence-electron chi connectivity index (χ0n) is 9.62. The Morgan fingerprint density at radius 1 is 1.38 bits per heavy atom. The number of sulfonamides is 1. The number of hydrogen-bond donors (Lipinski definition) is 1. The maximum absolute atomic E-state index is 11.7. The molecule has 16 heavy (non-hydrogen) atoms. The van der Waals surface area contributed by atoms with Crippen molar-refractivity contribution < 1.29 is 8.42 Å². The maximum Gasteiger partial charge on any atom is 0.216 e. The highest BCUT2D eigenvalue weighted by Gasteiger charge is 2.13. The zero-order chi connectivity index (χ0) is 12.3. The first kappa shape index (κ1) is 13.5. The molecule has 0 atom stereocenters. The van der Waals surface area contributed by atoms with Crippen molar-refractivity contribution in [3.8, 4) is 0 Å². The molecule has 1 aromatic rings. The summed E-state index contributed by atoms with van der Waals surface area (Å²) in [5.41, 5.74) is 1.64. The summed E-state index contributed by atoms with van der Waals surface area (Å²) in [7, 11) is -3.27. The monoisotopic (exact) mass is 261 g/mol. The minimum Gasteiger partial charge on any atom is -0.212 e. The highest BCUT2D eigenvalue weighted by molar-refractivity contribution is 7.88. The fraction of sp³-hybridized carbons (Fsp3) is 0.455. The van der Waals surface area contributed by atoms with Gasteiger partial charge >= 0.3 is 0 Å². The van der Waals surface area contributed by atoms with Gasteiger partial charge < -0.3 is 0 Å². The van der Waals surface area contributed by atoms with Gasteiger partial charge in [0.05, 0.1) is 5.75 Å². The summed E-state index contributed by atoms with van der Waals surface area (Å²) in [6, 6.07) is 5.20. The number of benzene rings is 1. The van der Waals surface area contributed by atoms with Crippen molar-refractivity contribution in [3.05, 3.63) is 34.3 Å². The minimum atomic E-state index is -3.27. The average Bonchev–Trinajstić information content (AvgIpc) is 2.08. The van der Waals surface area contributed by atoms with Gasteiger partial charge in [-0.15, -0.1) is 0 Å². The first-order chi connectivity index (χ1) is 7.30. The van der Waals surface area contributed by atoms with Crippen molar-refractivity contribution >= 4 is 21.6 Å². The molecular formula is C11H16ClNO2S. The summed E-state index contributed by atoms with van der Waals surface area (Å²) in [5, 5.41) is 0.595. The molecule has 0 unspecified atom stereocenters. The third kappa shape index (κ3) is 4.12. The third-order valence-electron chi connectivity index (χ3n) is 2.01. The van der Waals surface area contributed by atoms with Crippen LogP contribution in [0.1, 0.15) is 25.0 Å². The van der Waals surface area contributed by atoms with E-state index in [0.717, 1.165) is 5.56 Å². The van der Waals surface area contributed by atoms with Gasteiger partial charge in [-0.05, 0) is 38.0 Å². The van der Waals surface area contributed by atoms with Gasteiger partial charge in [-0.25, -0.2) is 13.1 Å². The maximum atomic E-state index is 11.7. The van der Waals surface area contributed by atoms with Crippen LogP contribution in [0.3, 0.4) is 0 Å². The Labute approximate surface area is 102 Å². The van der Waals surface area contributed by atoms with E-state index in [9.17, 15) is 8.42 Å². The molecule has 5 heteroatoms. The first-order valence-corrected chi connectivity index (χ1v) is 7.08. The van der Waals surface area contributed by atoms with E-state index in [2.05, 4.69) is 4.72 Å². The summed E-state index contributed by atoms with van der Waals surface area (Å²) >= 11 is 5.93. The molecule has 0 spiro atoms. The first-order valence-electron chi connectivity index (χ1n) is 5.05. The Hall–Kier alpha value is -0.580. The van der Waals surface area contributed by atoms with Gasteiger partial charge in [-0.3, -0.25) is 0 Å². The molecule has 0 saturated heterocycles. The highest BCUT2D eigenvalue weighted by Crippen LogP contribution is 2.18. The van der Waals surface area contributed by atoms with E-state index < -0.39 is 10.0 Å². The van der Waals surface area contributed by atoms with Crippen LogP contribution >= 0.6 is 11.6 Å². The quantitative estimate of drug-likeness (QED) is 0.905. The fourth-order valence-electron chi connectivity index (χ4n) is 1.35. The molecule has 3 nitrogen and oxygen atoms in total. The van der Waals surface area contributed by atoms with E-state index in [4.69, 9.17) is 11.6 Å². The van der Waals surface area contributed by atoms with Crippen LogP contribution in [0.25, 0.3) is 0 Å². The molecule has 0 saturated carbocycles. The van der Waals surface area contributed by atoms with Crippen LogP contribution in [0.5, 0.6) is 0 Å².